The van der Waals surface area contributed by atoms with Gasteiger partial charge in [0.05, 0.1) is 10.4 Å². The molecule has 4 heteroatoms. The van der Waals surface area contributed by atoms with Crippen LogP contribution < -0.4 is 5.32 Å². The Bertz CT molecular complexity index is 288. The highest BCUT2D eigenvalue weighted by molar-refractivity contribution is 7.16. The highest BCUT2D eigenvalue weighted by Gasteiger charge is 2.09. The van der Waals surface area contributed by atoms with Gasteiger partial charge in [-0.25, -0.2) is 0 Å². The first kappa shape index (κ1) is 13.0. The zero-order valence-electron chi connectivity index (χ0n) is 9.16. The predicted molar refractivity (Wildman–Crippen MR) is 66.6 cm³/mol. The molecule has 0 saturated carbocycles. The highest BCUT2D eigenvalue weighted by Crippen LogP contribution is 2.28. The van der Waals surface area contributed by atoms with Crippen molar-refractivity contribution in [1.29, 1.82) is 0 Å². The molecule has 0 radical (unpaired) electrons. The number of halogens is 1. The Balaban J connectivity index is 2.21. The molecule has 1 unspecified atom stereocenters. The van der Waals surface area contributed by atoms with Gasteiger partial charge in [0, 0.05) is 4.88 Å². The maximum Gasteiger partial charge on any atom is 0.0932 e. The van der Waals surface area contributed by atoms with Crippen LogP contribution >= 0.6 is 22.9 Å². The van der Waals surface area contributed by atoms with E-state index in [-0.39, 0.29) is 6.10 Å². The molecule has 0 aromatic carbocycles. The van der Waals surface area contributed by atoms with Crippen LogP contribution in [0.1, 0.15) is 31.2 Å². The van der Waals surface area contributed by atoms with Crippen LogP contribution in [0.5, 0.6) is 0 Å². The molecule has 1 aromatic rings. The molecule has 0 amide bonds. The van der Waals surface area contributed by atoms with E-state index in [4.69, 9.17) is 11.6 Å². The van der Waals surface area contributed by atoms with Crippen LogP contribution in [0.4, 0.5) is 0 Å². The summed E-state index contributed by atoms with van der Waals surface area (Å²) in [6.07, 6.45) is 0.353. The molecular weight excluding hydrogens is 230 g/mol. The first-order chi connectivity index (χ1) is 7.09. The summed E-state index contributed by atoms with van der Waals surface area (Å²) in [5.41, 5.74) is 0. The van der Waals surface area contributed by atoms with Gasteiger partial charge in [0.1, 0.15) is 0 Å². The Morgan fingerprint density at radius 3 is 2.73 bits per heavy atom. The second kappa shape index (κ2) is 6.48. The number of hydrogen-bond acceptors (Lipinski definition) is 3. The van der Waals surface area contributed by atoms with E-state index in [0.717, 1.165) is 28.7 Å². The number of nitrogens with one attached hydrogen (secondary N) is 1. The molecule has 2 nitrogen and oxygen atoms in total. The van der Waals surface area contributed by atoms with Crippen molar-refractivity contribution in [2.45, 2.75) is 26.4 Å². The number of aliphatic hydroxyl groups is 1. The fourth-order valence-electron chi connectivity index (χ4n) is 1.28. The van der Waals surface area contributed by atoms with Gasteiger partial charge in [0.15, 0.2) is 0 Å². The van der Waals surface area contributed by atoms with Crippen molar-refractivity contribution < 1.29 is 5.11 Å². The summed E-state index contributed by atoms with van der Waals surface area (Å²) in [6.45, 7) is 6.18. The van der Waals surface area contributed by atoms with Crippen molar-refractivity contribution in [1.82, 2.24) is 5.32 Å². The third kappa shape index (κ3) is 4.98. The second-order valence-electron chi connectivity index (χ2n) is 4.04. The fraction of sp³-hybridized carbons (Fsp3) is 0.636. The molecular formula is C11H18ClNOS. The summed E-state index contributed by atoms with van der Waals surface area (Å²) in [6, 6.07) is 3.71. The van der Waals surface area contributed by atoms with Crippen molar-refractivity contribution in [2.75, 3.05) is 13.1 Å². The summed E-state index contributed by atoms with van der Waals surface area (Å²) < 4.78 is 0.735. The summed E-state index contributed by atoms with van der Waals surface area (Å²) in [4.78, 5) is 0.950. The fourth-order valence-corrected chi connectivity index (χ4v) is 2.36. The van der Waals surface area contributed by atoms with Crippen LogP contribution in [0.25, 0.3) is 0 Å². The van der Waals surface area contributed by atoms with E-state index in [1.807, 2.05) is 12.1 Å². The average molecular weight is 248 g/mol. The van der Waals surface area contributed by atoms with Crippen molar-refractivity contribution in [2.24, 2.45) is 5.92 Å². The molecule has 0 aliphatic heterocycles. The van der Waals surface area contributed by atoms with Gasteiger partial charge in [-0.3, -0.25) is 0 Å². The van der Waals surface area contributed by atoms with Crippen LogP contribution in [0.2, 0.25) is 4.34 Å². The Labute approximate surface area is 100 Å². The van der Waals surface area contributed by atoms with Crippen LogP contribution in [-0.2, 0) is 0 Å². The zero-order chi connectivity index (χ0) is 11.3. The van der Waals surface area contributed by atoms with Gasteiger partial charge in [0.25, 0.3) is 0 Å². The minimum Gasteiger partial charge on any atom is -0.388 e. The van der Waals surface area contributed by atoms with Crippen LogP contribution in [0.15, 0.2) is 12.1 Å². The normalized spacial score (nSPS) is 13.4. The zero-order valence-corrected chi connectivity index (χ0v) is 10.7. The van der Waals surface area contributed by atoms with Crippen molar-refractivity contribution >= 4 is 22.9 Å². The minimum atomic E-state index is -0.387. The van der Waals surface area contributed by atoms with Gasteiger partial charge < -0.3 is 10.4 Å². The maximum atomic E-state index is 9.81. The van der Waals surface area contributed by atoms with Gasteiger partial charge in [-0.2, -0.15) is 0 Å². The highest BCUT2D eigenvalue weighted by atomic mass is 35.5. The number of hydrogen-bond donors (Lipinski definition) is 2. The van der Waals surface area contributed by atoms with Crippen molar-refractivity contribution in [3.8, 4) is 0 Å². The quantitative estimate of drug-likeness (QED) is 0.758. The van der Waals surface area contributed by atoms with E-state index in [1.165, 1.54) is 11.3 Å². The third-order valence-electron chi connectivity index (χ3n) is 2.07. The lowest BCUT2D eigenvalue weighted by Gasteiger charge is -2.10. The first-order valence-corrected chi connectivity index (χ1v) is 6.43. The largest absolute Gasteiger partial charge is 0.388 e. The standard InChI is InChI=1S/C11H18ClNOS/c1-8(2)7-13-6-5-9(14)10-3-4-11(12)15-10/h3-4,8-9,13-14H,5-7H2,1-2H3. The Morgan fingerprint density at radius 1 is 1.47 bits per heavy atom. The lowest BCUT2D eigenvalue weighted by atomic mass is 10.2. The van der Waals surface area contributed by atoms with Crippen LogP contribution in [0, 0.1) is 5.92 Å². The lowest BCUT2D eigenvalue weighted by molar-refractivity contribution is 0.170. The topological polar surface area (TPSA) is 32.3 Å². The summed E-state index contributed by atoms with van der Waals surface area (Å²) >= 11 is 7.25. The van der Waals surface area contributed by atoms with Gasteiger partial charge >= 0.3 is 0 Å². The number of rotatable bonds is 6. The molecule has 1 heterocycles. The molecule has 0 spiro atoms. The van der Waals surface area contributed by atoms with Gasteiger partial charge in [-0.15, -0.1) is 11.3 Å². The molecule has 1 rings (SSSR count). The summed E-state index contributed by atoms with van der Waals surface area (Å²) in [7, 11) is 0. The second-order valence-corrected chi connectivity index (χ2v) is 5.79. The maximum absolute atomic E-state index is 9.81. The van der Waals surface area contributed by atoms with Crippen molar-refractivity contribution in [3.05, 3.63) is 21.3 Å². The third-order valence-corrected chi connectivity index (χ3v) is 3.40. The molecule has 1 aromatic heterocycles. The van der Waals surface area contributed by atoms with Crippen LogP contribution in [-0.4, -0.2) is 18.2 Å². The minimum absolute atomic E-state index is 0.387. The molecule has 0 aliphatic carbocycles. The lowest BCUT2D eigenvalue weighted by Crippen LogP contribution is -2.22. The van der Waals surface area contributed by atoms with Crippen molar-refractivity contribution in [3.63, 3.8) is 0 Å². The molecule has 0 aliphatic rings. The molecule has 1 atom stereocenters. The molecule has 0 fully saturated rings. The monoisotopic (exact) mass is 247 g/mol. The molecule has 86 valence electrons. The van der Waals surface area contributed by atoms with E-state index in [2.05, 4.69) is 19.2 Å². The molecule has 15 heavy (non-hydrogen) atoms. The molecule has 0 bridgehead atoms. The Hall–Kier alpha value is -0.0900. The SMILES string of the molecule is CC(C)CNCCC(O)c1ccc(Cl)s1. The van der Waals surface area contributed by atoms with Gasteiger partial charge in [-0.05, 0) is 37.6 Å². The average Bonchev–Trinajstić information content (AvgIpc) is 2.59. The van der Waals surface area contributed by atoms with E-state index in [1.54, 1.807) is 0 Å². The van der Waals surface area contributed by atoms with E-state index in [9.17, 15) is 5.11 Å². The van der Waals surface area contributed by atoms with Gasteiger partial charge in [0.2, 0.25) is 0 Å². The van der Waals surface area contributed by atoms with E-state index in [0.29, 0.717) is 5.92 Å². The molecule has 0 saturated heterocycles. The van der Waals surface area contributed by atoms with Gasteiger partial charge in [-0.1, -0.05) is 25.4 Å². The van der Waals surface area contributed by atoms with E-state index < -0.39 is 0 Å². The van der Waals surface area contributed by atoms with E-state index >= 15 is 0 Å². The number of aliphatic hydroxyl groups excluding tert-OH is 1. The van der Waals surface area contributed by atoms with Crippen LogP contribution in [0.3, 0.4) is 0 Å². The predicted octanol–water partition coefficient (Wildman–Crippen LogP) is 3.07. The number of thiophene rings is 1. The smallest absolute Gasteiger partial charge is 0.0932 e. The molecule has 2 N–H and O–H groups in total. The summed E-state index contributed by atoms with van der Waals surface area (Å²) in [5.74, 6) is 0.651. The Morgan fingerprint density at radius 2 is 2.20 bits per heavy atom. The first-order valence-electron chi connectivity index (χ1n) is 5.23. The Kier molecular flexibility index (Phi) is 5.61. The summed E-state index contributed by atoms with van der Waals surface area (Å²) in [5, 5.41) is 13.1.